The van der Waals surface area contributed by atoms with E-state index in [1.807, 2.05) is 42.5 Å². The molecule has 3 aromatic carbocycles. The van der Waals surface area contributed by atoms with Gasteiger partial charge < -0.3 is 19.1 Å². The molecule has 5 heterocycles. The summed E-state index contributed by atoms with van der Waals surface area (Å²) in [6.07, 6.45) is 1.95. The van der Waals surface area contributed by atoms with Crippen LogP contribution < -0.4 is 19.7 Å². The topological polar surface area (TPSA) is 140 Å². The summed E-state index contributed by atoms with van der Waals surface area (Å²) in [6.45, 7) is 8.32. The van der Waals surface area contributed by atoms with Gasteiger partial charge in [-0.3, -0.25) is 29.4 Å². The number of aromatic nitrogens is 2. The summed E-state index contributed by atoms with van der Waals surface area (Å²) in [5, 5.41) is 2.20. The van der Waals surface area contributed by atoms with Crippen LogP contribution in [0.2, 0.25) is 0 Å². The molecule has 3 saturated heterocycles. The van der Waals surface area contributed by atoms with Gasteiger partial charge in [0.2, 0.25) is 17.8 Å². The van der Waals surface area contributed by atoms with E-state index in [9.17, 15) is 19.2 Å². The standard InChI is InChI=1S/C41H37N5O7/c1-40(2,28-8-12-31(13-9-28)53-21-29-17-18-42-39(43-29)45-22-41(23-45)24-51-25-41)27-6-10-30(11-7-27)52-19-3-4-26-5-14-32-33(20-26)38(50)46(37(32)49)34-15-16-35(47)44-36(34)48/h5-14,17-18,20,34H,15-16,19,21-25H2,1-2H3,(H,44,47,48). The molecule has 8 rings (SSSR count). The number of amides is 4. The summed E-state index contributed by atoms with van der Waals surface area (Å²) in [6, 6.07) is 21.6. The molecule has 12 nitrogen and oxygen atoms in total. The van der Waals surface area contributed by atoms with Crippen molar-refractivity contribution in [2.75, 3.05) is 37.8 Å². The van der Waals surface area contributed by atoms with Gasteiger partial charge in [-0.2, -0.15) is 0 Å². The highest BCUT2D eigenvalue weighted by atomic mass is 16.5. The van der Waals surface area contributed by atoms with Crippen molar-refractivity contribution in [2.24, 2.45) is 5.41 Å². The lowest BCUT2D eigenvalue weighted by atomic mass is 9.78. The molecule has 4 amide bonds. The molecular formula is C41H37N5O7. The van der Waals surface area contributed by atoms with Gasteiger partial charge in [0.1, 0.15) is 30.8 Å². The summed E-state index contributed by atoms with van der Waals surface area (Å²) in [4.78, 5) is 62.1. The van der Waals surface area contributed by atoms with Crippen LogP contribution in [-0.2, 0) is 26.3 Å². The average Bonchev–Trinajstić information content (AvgIpc) is 3.37. The number of carbonyl (C=O) groups excluding carboxylic acids is 4. The minimum atomic E-state index is -1.01. The van der Waals surface area contributed by atoms with Crippen LogP contribution in [0.3, 0.4) is 0 Å². The van der Waals surface area contributed by atoms with Crippen LogP contribution in [-0.4, -0.2) is 77.4 Å². The van der Waals surface area contributed by atoms with E-state index in [0.29, 0.717) is 23.3 Å². The molecule has 1 atom stereocenters. The van der Waals surface area contributed by atoms with Gasteiger partial charge in [-0.1, -0.05) is 50.0 Å². The van der Waals surface area contributed by atoms with Crippen LogP contribution in [0, 0.1) is 17.3 Å². The molecule has 12 heteroatoms. The third kappa shape index (κ3) is 6.60. The molecule has 0 radical (unpaired) electrons. The number of carbonyl (C=O) groups is 4. The van der Waals surface area contributed by atoms with Crippen LogP contribution in [0.15, 0.2) is 79.0 Å². The maximum atomic E-state index is 13.1. The average molecular weight is 712 g/mol. The Bertz CT molecular complexity index is 2180. The zero-order chi connectivity index (χ0) is 36.7. The second kappa shape index (κ2) is 13.5. The lowest BCUT2D eigenvalue weighted by molar-refractivity contribution is -0.136. The second-order valence-electron chi connectivity index (χ2n) is 14.5. The summed E-state index contributed by atoms with van der Waals surface area (Å²) >= 11 is 0. The number of fused-ring (bicyclic) bond motifs is 1. The number of piperidine rings is 1. The van der Waals surface area contributed by atoms with Crippen molar-refractivity contribution >= 4 is 29.6 Å². The first kappa shape index (κ1) is 34.0. The van der Waals surface area contributed by atoms with Gasteiger partial charge in [-0.15, -0.1) is 0 Å². The SMILES string of the molecule is CC(C)(c1ccc(OCC#Cc2ccc3c(c2)C(=O)N(C2CCC(=O)NC2=O)C3=O)cc1)c1ccc(OCc2ccnc(N3CC4(COC4)C3)n2)cc1. The Morgan fingerprint density at radius 3 is 2.23 bits per heavy atom. The maximum absolute atomic E-state index is 13.1. The van der Waals surface area contributed by atoms with Crippen molar-refractivity contribution in [3.05, 3.63) is 113 Å². The molecule has 0 aliphatic carbocycles. The molecule has 1 N–H and O–H groups in total. The van der Waals surface area contributed by atoms with E-state index in [0.717, 1.165) is 59.7 Å². The molecule has 3 fully saturated rings. The van der Waals surface area contributed by atoms with Gasteiger partial charge in [0.15, 0.2) is 0 Å². The van der Waals surface area contributed by atoms with E-state index in [1.165, 1.54) is 6.07 Å². The summed E-state index contributed by atoms with van der Waals surface area (Å²) < 4.78 is 17.3. The summed E-state index contributed by atoms with van der Waals surface area (Å²) in [7, 11) is 0. The first-order valence-corrected chi connectivity index (χ1v) is 17.5. The number of benzene rings is 3. The number of imide groups is 2. The third-order valence-electron chi connectivity index (χ3n) is 10.4. The minimum absolute atomic E-state index is 0.0651. The van der Waals surface area contributed by atoms with Gasteiger partial charge in [0.05, 0.1) is 35.4 Å². The fourth-order valence-electron chi connectivity index (χ4n) is 7.16. The van der Waals surface area contributed by atoms with Crippen LogP contribution in [0.1, 0.15) is 69.8 Å². The van der Waals surface area contributed by atoms with E-state index >= 15 is 0 Å². The zero-order valence-electron chi connectivity index (χ0n) is 29.4. The van der Waals surface area contributed by atoms with Crippen molar-refractivity contribution in [1.82, 2.24) is 20.2 Å². The number of hydrogen-bond acceptors (Lipinski definition) is 10. The van der Waals surface area contributed by atoms with Crippen LogP contribution in [0.4, 0.5) is 5.95 Å². The number of rotatable bonds is 9. The van der Waals surface area contributed by atoms with Gasteiger partial charge in [-0.25, -0.2) is 9.97 Å². The molecule has 0 saturated carbocycles. The lowest BCUT2D eigenvalue weighted by Gasteiger charge is -2.54. The van der Waals surface area contributed by atoms with Crippen molar-refractivity contribution < 1.29 is 33.4 Å². The number of nitrogens with zero attached hydrogens (tertiary/aromatic N) is 4. The zero-order valence-corrected chi connectivity index (χ0v) is 29.4. The molecule has 4 aromatic rings. The number of nitrogens with one attached hydrogen (secondary N) is 1. The highest BCUT2D eigenvalue weighted by Gasteiger charge is 2.50. The predicted octanol–water partition coefficient (Wildman–Crippen LogP) is 4.05. The Hall–Kier alpha value is -6.06. The second-order valence-corrected chi connectivity index (χ2v) is 14.5. The Morgan fingerprint density at radius 2 is 1.57 bits per heavy atom. The van der Waals surface area contributed by atoms with Crippen LogP contribution in [0.25, 0.3) is 0 Å². The maximum Gasteiger partial charge on any atom is 0.262 e. The molecular weight excluding hydrogens is 674 g/mol. The molecule has 1 aromatic heterocycles. The Labute approximate surface area is 306 Å². The predicted molar refractivity (Wildman–Crippen MR) is 192 cm³/mol. The lowest BCUT2D eigenvalue weighted by Crippen LogP contribution is -2.66. The van der Waals surface area contributed by atoms with E-state index in [-0.39, 0.29) is 36.0 Å². The van der Waals surface area contributed by atoms with Gasteiger partial charge >= 0.3 is 0 Å². The molecule has 4 aliphatic heterocycles. The van der Waals surface area contributed by atoms with E-state index in [1.54, 1.807) is 18.3 Å². The Kier molecular flexibility index (Phi) is 8.66. The van der Waals surface area contributed by atoms with Gasteiger partial charge in [0.25, 0.3) is 11.8 Å². The third-order valence-corrected chi connectivity index (χ3v) is 10.4. The number of hydrogen-bond donors (Lipinski definition) is 1. The van der Waals surface area contributed by atoms with E-state index < -0.39 is 29.7 Å². The Morgan fingerprint density at radius 1 is 0.887 bits per heavy atom. The smallest absolute Gasteiger partial charge is 0.262 e. The van der Waals surface area contributed by atoms with Crippen LogP contribution >= 0.6 is 0 Å². The molecule has 0 bridgehead atoms. The van der Waals surface area contributed by atoms with Gasteiger partial charge in [-0.05, 0) is 66.1 Å². The monoisotopic (exact) mass is 711 g/mol. The van der Waals surface area contributed by atoms with Crippen molar-refractivity contribution in [3.63, 3.8) is 0 Å². The summed E-state index contributed by atoms with van der Waals surface area (Å²) in [5.41, 5.74) is 4.03. The van der Waals surface area contributed by atoms with Crippen molar-refractivity contribution in [1.29, 1.82) is 0 Å². The largest absolute Gasteiger partial charge is 0.487 e. The Balaban J connectivity index is 0.836. The van der Waals surface area contributed by atoms with Gasteiger partial charge in [0, 0.05) is 36.7 Å². The quantitative estimate of drug-likeness (QED) is 0.200. The molecule has 268 valence electrons. The molecule has 1 unspecified atom stereocenters. The highest BCUT2D eigenvalue weighted by molar-refractivity contribution is 6.23. The first-order chi connectivity index (χ1) is 25.6. The van der Waals surface area contributed by atoms with E-state index in [4.69, 9.17) is 19.2 Å². The van der Waals surface area contributed by atoms with Crippen molar-refractivity contribution in [3.8, 4) is 23.3 Å². The van der Waals surface area contributed by atoms with Crippen LogP contribution in [0.5, 0.6) is 11.5 Å². The molecule has 1 spiro atoms. The van der Waals surface area contributed by atoms with Crippen molar-refractivity contribution in [2.45, 2.75) is 44.8 Å². The first-order valence-electron chi connectivity index (χ1n) is 17.5. The fraction of sp³-hybridized carbons (Fsp3) is 0.317. The fourth-order valence-corrected chi connectivity index (χ4v) is 7.16. The number of anilines is 1. The number of ether oxygens (including phenoxy) is 3. The molecule has 4 aliphatic rings. The highest BCUT2D eigenvalue weighted by Crippen LogP contribution is 2.39. The molecule has 53 heavy (non-hydrogen) atoms. The summed E-state index contributed by atoms with van der Waals surface area (Å²) in [5.74, 6) is 5.93. The van der Waals surface area contributed by atoms with E-state index in [2.05, 4.69) is 53.0 Å². The normalized spacial score (nSPS) is 18.8. The minimum Gasteiger partial charge on any atom is -0.487 e.